The van der Waals surface area contributed by atoms with Gasteiger partial charge in [-0.2, -0.15) is 5.10 Å². The smallest absolute Gasteiger partial charge is 0.269 e. The molecule has 0 unspecified atom stereocenters. The predicted octanol–water partition coefficient (Wildman–Crippen LogP) is 2.85. The molecule has 1 amide bonds. The molecule has 2 heterocycles. The number of amides is 1. The van der Waals surface area contributed by atoms with E-state index in [2.05, 4.69) is 20.5 Å². The topological polar surface area (TPSA) is 90.9 Å². The predicted molar refractivity (Wildman–Crippen MR) is 94.7 cm³/mol. The maximum atomic E-state index is 13.6. The maximum absolute atomic E-state index is 13.6. The first-order valence-electron chi connectivity index (χ1n) is 8.09. The highest BCUT2D eigenvalue weighted by molar-refractivity contribution is 5.93. The lowest BCUT2D eigenvalue weighted by atomic mass is 9.91. The highest BCUT2D eigenvalue weighted by Crippen LogP contribution is 2.26. The standard InChI is InChI=1S/C19H19FN4O2/c1-19(2,26)17(13-4-3-5-14(20)10-13)22-18(25)16-11-15(23-24-16)12-6-8-21-9-7-12/h3-11,17,26H,1-2H3,(H,22,25)(H,23,24)/t17-/m1/s1. The second-order valence-corrected chi connectivity index (χ2v) is 6.52. The number of aliphatic hydroxyl groups is 1. The minimum atomic E-state index is -1.29. The third-order valence-electron chi connectivity index (χ3n) is 3.96. The van der Waals surface area contributed by atoms with Gasteiger partial charge in [0.05, 0.1) is 17.3 Å². The summed E-state index contributed by atoms with van der Waals surface area (Å²) < 4.78 is 13.6. The molecule has 0 spiro atoms. The molecule has 0 aliphatic carbocycles. The zero-order valence-corrected chi connectivity index (χ0v) is 14.4. The minimum Gasteiger partial charge on any atom is -0.388 e. The van der Waals surface area contributed by atoms with Crippen molar-refractivity contribution >= 4 is 5.91 Å². The Kier molecular flexibility index (Phi) is 4.81. The van der Waals surface area contributed by atoms with Gasteiger partial charge in [0.25, 0.3) is 5.91 Å². The summed E-state index contributed by atoms with van der Waals surface area (Å²) in [6.07, 6.45) is 3.27. The number of halogens is 1. The molecule has 0 fully saturated rings. The summed E-state index contributed by atoms with van der Waals surface area (Å²) in [5.41, 5.74) is 0.835. The summed E-state index contributed by atoms with van der Waals surface area (Å²) in [6.45, 7) is 3.11. The number of hydrogen-bond donors (Lipinski definition) is 3. The number of benzene rings is 1. The Bertz CT molecular complexity index is 903. The Morgan fingerprint density at radius 3 is 2.62 bits per heavy atom. The van der Waals surface area contributed by atoms with Crippen LogP contribution in [0.2, 0.25) is 0 Å². The number of nitrogens with zero attached hydrogens (tertiary/aromatic N) is 2. The number of rotatable bonds is 5. The zero-order valence-electron chi connectivity index (χ0n) is 14.4. The van der Waals surface area contributed by atoms with E-state index in [1.165, 1.54) is 18.2 Å². The van der Waals surface area contributed by atoms with Gasteiger partial charge >= 0.3 is 0 Å². The van der Waals surface area contributed by atoms with E-state index in [1.54, 1.807) is 50.5 Å². The number of hydrogen-bond acceptors (Lipinski definition) is 4. The van der Waals surface area contributed by atoms with Crippen molar-refractivity contribution in [3.63, 3.8) is 0 Å². The lowest BCUT2D eigenvalue weighted by Crippen LogP contribution is -2.42. The van der Waals surface area contributed by atoms with Gasteiger partial charge in [-0.3, -0.25) is 14.9 Å². The van der Waals surface area contributed by atoms with Crippen molar-refractivity contribution in [2.45, 2.75) is 25.5 Å². The molecular formula is C19H19FN4O2. The molecule has 1 aromatic carbocycles. The van der Waals surface area contributed by atoms with E-state index in [9.17, 15) is 14.3 Å². The summed E-state index contributed by atoms with van der Waals surface area (Å²) >= 11 is 0. The second-order valence-electron chi connectivity index (χ2n) is 6.52. The van der Waals surface area contributed by atoms with Gasteiger partial charge in [0.1, 0.15) is 11.5 Å². The van der Waals surface area contributed by atoms with Crippen LogP contribution in [0.25, 0.3) is 11.3 Å². The third-order valence-corrected chi connectivity index (χ3v) is 3.96. The molecule has 7 heteroatoms. The number of nitrogens with one attached hydrogen (secondary N) is 2. The molecule has 26 heavy (non-hydrogen) atoms. The molecule has 0 aliphatic rings. The van der Waals surface area contributed by atoms with Crippen molar-refractivity contribution in [2.75, 3.05) is 0 Å². The Labute approximate surface area is 150 Å². The van der Waals surface area contributed by atoms with Crippen molar-refractivity contribution in [1.82, 2.24) is 20.5 Å². The van der Waals surface area contributed by atoms with Crippen LogP contribution in [0.5, 0.6) is 0 Å². The van der Waals surface area contributed by atoms with Crippen molar-refractivity contribution in [1.29, 1.82) is 0 Å². The normalized spacial score (nSPS) is 12.6. The van der Waals surface area contributed by atoms with Crippen LogP contribution >= 0.6 is 0 Å². The van der Waals surface area contributed by atoms with Gasteiger partial charge < -0.3 is 10.4 Å². The van der Waals surface area contributed by atoms with Crippen LogP contribution in [0.4, 0.5) is 4.39 Å². The molecule has 6 nitrogen and oxygen atoms in total. The van der Waals surface area contributed by atoms with E-state index >= 15 is 0 Å². The molecule has 0 aliphatic heterocycles. The zero-order chi connectivity index (χ0) is 18.7. The second kappa shape index (κ2) is 7.05. The lowest BCUT2D eigenvalue weighted by molar-refractivity contribution is 0.0342. The molecular weight excluding hydrogens is 335 g/mol. The minimum absolute atomic E-state index is 0.238. The van der Waals surface area contributed by atoms with Crippen molar-refractivity contribution in [3.8, 4) is 11.3 Å². The Morgan fingerprint density at radius 2 is 1.96 bits per heavy atom. The highest BCUT2D eigenvalue weighted by atomic mass is 19.1. The van der Waals surface area contributed by atoms with Gasteiger partial charge in [-0.15, -0.1) is 0 Å². The first-order chi connectivity index (χ1) is 12.3. The molecule has 0 radical (unpaired) electrons. The maximum Gasteiger partial charge on any atom is 0.269 e. The van der Waals surface area contributed by atoms with Crippen molar-refractivity contribution in [3.05, 3.63) is 71.9 Å². The Balaban J connectivity index is 1.84. The fourth-order valence-corrected chi connectivity index (χ4v) is 2.67. The average Bonchev–Trinajstić information content (AvgIpc) is 3.09. The number of carbonyl (C=O) groups excluding carboxylic acids is 1. The third kappa shape index (κ3) is 3.94. The average molecular weight is 354 g/mol. The van der Waals surface area contributed by atoms with E-state index < -0.39 is 23.4 Å². The molecule has 134 valence electrons. The Hall–Kier alpha value is -3.06. The van der Waals surface area contributed by atoms with E-state index in [0.717, 1.165) is 5.56 Å². The van der Waals surface area contributed by atoms with Crippen LogP contribution in [0.1, 0.15) is 35.9 Å². The largest absolute Gasteiger partial charge is 0.388 e. The molecule has 1 atom stereocenters. The van der Waals surface area contributed by atoms with Crippen molar-refractivity contribution in [2.24, 2.45) is 0 Å². The number of aromatic amines is 1. The first-order valence-corrected chi connectivity index (χ1v) is 8.09. The summed E-state index contributed by atoms with van der Waals surface area (Å²) in [7, 11) is 0. The summed E-state index contributed by atoms with van der Waals surface area (Å²) in [5, 5.41) is 20.0. The van der Waals surface area contributed by atoms with Crippen LogP contribution in [0, 0.1) is 5.82 Å². The molecule has 0 bridgehead atoms. The quantitative estimate of drug-likeness (QED) is 0.657. The van der Waals surface area contributed by atoms with Gasteiger partial charge in [-0.05, 0) is 49.7 Å². The monoisotopic (exact) mass is 354 g/mol. The van der Waals surface area contributed by atoms with Crippen LogP contribution in [-0.2, 0) is 0 Å². The molecule has 0 saturated heterocycles. The van der Waals surface area contributed by atoms with Gasteiger partial charge in [-0.25, -0.2) is 4.39 Å². The Morgan fingerprint density at radius 1 is 1.23 bits per heavy atom. The molecule has 0 saturated carbocycles. The molecule has 3 aromatic rings. The number of aromatic nitrogens is 3. The van der Waals surface area contributed by atoms with Crippen molar-refractivity contribution < 1.29 is 14.3 Å². The first kappa shape index (κ1) is 17.8. The van der Waals surface area contributed by atoms with Crippen LogP contribution in [-0.4, -0.2) is 31.8 Å². The van der Waals surface area contributed by atoms with E-state index in [4.69, 9.17) is 0 Å². The summed E-state index contributed by atoms with van der Waals surface area (Å²) in [6, 6.07) is 10.2. The molecule has 3 rings (SSSR count). The summed E-state index contributed by atoms with van der Waals surface area (Å²) in [4.78, 5) is 16.5. The van der Waals surface area contributed by atoms with Gasteiger partial charge in [-0.1, -0.05) is 12.1 Å². The molecule has 3 N–H and O–H groups in total. The van der Waals surface area contributed by atoms with Crippen LogP contribution < -0.4 is 5.32 Å². The van der Waals surface area contributed by atoms with Crippen LogP contribution in [0.15, 0.2) is 54.9 Å². The number of pyridine rings is 1. The number of H-pyrrole nitrogens is 1. The summed E-state index contributed by atoms with van der Waals surface area (Å²) in [5.74, 6) is -0.887. The van der Waals surface area contributed by atoms with Gasteiger partial charge in [0, 0.05) is 18.0 Å². The SMILES string of the molecule is CC(C)(O)[C@H](NC(=O)c1cc(-c2ccncc2)n[nH]1)c1cccc(F)c1. The van der Waals surface area contributed by atoms with E-state index in [-0.39, 0.29) is 5.69 Å². The van der Waals surface area contributed by atoms with E-state index in [1.807, 2.05) is 0 Å². The van der Waals surface area contributed by atoms with Crippen LogP contribution in [0.3, 0.4) is 0 Å². The number of carbonyl (C=O) groups is 1. The molecule has 2 aromatic heterocycles. The fraction of sp³-hybridized carbons (Fsp3) is 0.211. The fourth-order valence-electron chi connectivity index (χ4n) is 2.67. The van der Waals surface area contributed by atoms with Gasteiger partial charge in [0.15, 0.2) is 0 Å². The lowest BCUT2D eigenvalue weighted by Gasteiger charge is -2.30. The highest BCUT2D eigenvalue weighted by Gasteiger charge is 2.31. The van der Waals surface area contributed by atoms with E-state index in [0.29, 0.717) is 11.3 Å². The van der Waals surface area contributed by atoms with Gasteiger partial charge in [0.2, 0.25) is 0 Å².